The van der Waals surface area contributed by atoms with E-state index in [1.165, 1.54) is 5.92 Å². The van der Waals surface area contributed by atoms with Crippen LogP contribution in [0, 0.1) is 11.8 Å². The Morgan fingerprint density at radius 1 is 1.18 bits per heavy atom. The third-order valence-electron chi connectivity index (χ3n) is 1.39. The first-order valence-electron chi connectivity index (χ1n) is 3.97. The summed E-state index contributed by atoms with van der Waals surface area (Å²) in [5, 5.41) is 0. The summed E-state index contributed by atoms with van der Waals surface area (Å²) in [5.74, 6) is 1.95. The van der Waals surface area contributed by atoms with Crippen LogP contribution in [0.4, 0.5) is 4.39 Å². The second-order valence-corrected chi connectivity index (χ2v) is 3.54. The van der Waals surface area contributed by atoms with Crippen molar-refractivity contribution in [3.63, 3.8) is 0 Å². The first-order valence-corrected chi connectivity index (χ1v) is 3.97. The zero-order valence-electron chi connectivity index (χ0n) is 8.02. The van der Waals surface area contributed by atoms with Crippen molar-refractivity contribution in [2.45, 2.75) is 46.7 Å². The van der Waals surface area contributed by atoms with Crippen LogP contribution in [0.5, 0.6) is 0 Å². The Hall–Kier alpha value is 1.03. The van der Waals surface area contributed by atoms with E-state index in [0.717, 1.165) is 6.42 Å². The summed E-state index contributed by atoms with van der Waals surface area (Å²) in [6.07, 6.45) is 1.03. The molecule has 0 saturated carbocycles. The van der Waals surface area contributed by atoms with Crippen LogP contribution in [-0.4, -0.2) is 6.17 Å². The maximum absolute atomic E-state index is 12.4. The quantitative estimate of drug-likeness (QED) is 0.654. The van der Waals surface area contributed by atoms with E-state index in [1.54, 1.807) is 6.92 Å². The molecule has 65 valence electrons. The summed E-state index contributed by atoms with van der Waals surface area (Å²) in [4.78, 5) is 0. The molecule has 2 heteroatoms. The van der Waals surface area contributed by atoms with Gasteiger partial charge in [-0.05, 0) is 6.92 Å². The van der Waals surface area contributed by atoms with Crippen LogP contribution in [0.2, 0.25) is 0 Å². The first-order chi connectivity index (χ1) is 4.52. The van der Waals surface area contributed by atoms with Gasteiger partial charge in [-0.25, -0.2) is 0 Å². The SMILES string of the molecule is C[C-](CC(C)C)CC(C)F.[Y]. The molecule has 0 spiro atoms. The molecule has 1 radical (unpaired) electrons. The summed E-state index contributed by atoms with van der Waals surface area (Å²) < 4.78 is 12.4. The Bertz CT molecular complexity index is 71.6. The smallest absolute Gasteiger partial charge is 0.0708 e. The standard InChI is InChI=1S/C9H18F.Y/c1-7(2)5-8(3)6-9(4)10;/h7,9H,5-6H2,1-4H3;/q-1;. The zero-order valence-corrected chi connectivity index (χ0v) is 10.9. The molecule has 1 unspecified atom stereocenters. The molecule has 0 N–H and O–H groups in total. The number of alkyl halides is 1. The van der Waals surface area contributed by atoms with Gasteiger partial charge in [-0.3, -0.25) is 4.39 Å². The van der Waals surface area contributed by atoms with Gasteiger partial charge in [0.25, 0.3) is 0 Å². The average Bonchev–Trinajstić information content (AvgIpc) is 1.58. The molecule has 0 aliphatic heterocycles. The van der Waals surface area contributed by atoms with Crippen molar-refractivity contribution in [2.75, 3.05) is 0 Å². The van der Waals surface area contributed by atoms with Gasteiger partial charge in [0.1, 0.15) is 0 Å². The summed E-state index contributed by atoms with van der Waals surface area (Å²) in [7, 11) is 0. The maximum Gasteiger partial charge on any atom is 0.0708 e. The largest absolute Gasteiger partial charge is 0.314 e. The average molecular weight is 234 g/mol. The predicted molar refractivity (Wildman–Crippen MR) is 43.6 cm³/mol. The molecule has 11 heavy (non-hydrogen) atoms. The van der Waals surface area contributed by atoms with Gasteiger partial charge in [-0.15, -0.1) is 6.42 Å². The van der Waals surface area contributed by atoms with Crippen molar-refractivity contribution in [2.24, 2.45) is 5.92 Å². The Morgan fingerprint density at radius 2 is 1.64 bits per heavy atom. The van der Waals surface area contributed by atoms with E-state index in [9.17, 15) is 4.39 Å². The van der Waals surface area contributed by atoms with Gasteiger partial charge in [-0.1, -0.05) is 19.8 Å². The molecule has 0 nitrogen and oxygen atoms in total. The Balaban J connectivity index is 0. The Labute approximate surface area is 95.2 Å². The van der Waals surface area contributed by atoms with Gasteiger partial charge in [0, 0.05) is 32.7 Å². The molecular formula is C9H18FY-. The molecule has 0 aliphatic carbocycles. The molecular weight excluding hydrogens is 216 g/mol. The van der Waals surface area contributed by atoms with E-state index in [4.69, 9.17) is 0 Å². The fourth-order valence-electron chi connectivity index (χ4n) is 1.26. The molecule has 0 aromatic rings. The van der Waals surface area contributed by atoms with Crippen LogP contribution in [0.15, 0.2) is 0 Å². The minimum Gasteiger partial charge on any atom is -0.314 e. The normalized spacial score (nSPS) is 13.4. The Kier molecular flexibility index (Phi) is 10.1. The fraction of sp³-hybridized carbons (Fsp3) is 0.889. The monoisotopic (exact) mass is 234 g/mol. The molecule has 0 rings (SSSR count). The number of hydrogen-bond donors (Lipinski definition) is 0. The van der Waals surface area contributed by atoms with Crippen LogP contribution in [0.1, 0.15) is 40.5 Å². The van der Waals surface area contributed by atoms with Crippen molar-refractivity contribution < 1.29 is 37.1 Å². The van der Waals surface area contributed by atoms with Gasteiger partial charge in [-0.2, -0.15) is 13.3 Å². The minimum absolute atomic E-state index is 0. The first kappa shape index (κ1) is 14.6. The van der Waals surface area contributed by atoms with E-state index >= 15 is 0 Å². The van der Waals surface area contributed by atoms with Crippen LogP contribution < -0.4 is 0 Å². The van der Waals surface area contributed by atoms with E-state index < -0.39 is 6.17 Å². The molecule has 0 bridgehead atoms. The van der Waals surface area contributed by atoms with Crippen molar-refractivity contribution in [1.29, 1.82) is 0 Å². The second-order valence-electron chi connectivity index (χ2n) is 3.54. The molecule has 0 aromatic carbocycles. The van der Waals surface area contributed by atoms with Gasteiger partial charge in [0.15, 0.2) is 0 Å². The number of hydrogen-bond acceptors (Lipinski definition) is 0. The topological polar surface area (TPSA) is 0 Å². The van der Waals surface area contributed by atoms with E-state index in [0.29, 0.717) is 12.3 Å². The van der Waals surface area contributed by atoms with Gasteiger partial charge >= 0.3 is 0 Å². The van der Waals surface area contributed by atoms with Crippen LogP contribution in [0.25, 0.3) is 0 Å². The molecule has 0 heterocycles. The van der Waals surface area contributed by atoms with Gasteiger partial charge < -0.3 is 5.92 Å². The molecule has 1 atom stereocenters. The summed E-state index contributed by atoms with van der Waals surface area (Å²) in [5.41, 5.74) is 0. The van der Waals surface area contributed by atoms with Gasteiger partial charge in [0.05, 0.1) is 6.17 Å². The van der Waals surface area contributed by atoms with Crippen molar-refractivity contribution in [3.05, 3.63) is 5.92 Å². The van der Waals surface area contributed by atoms with Crippen molar-refractivity contribution in [3.8, 4) is 0 Å². The predicted octanol–water partition coefficient (Wildman–Crippen LogP) is 3.37. The number of halogens is 1. The molecule has 0 amide bonds. The molecule has 0 aromatic heterocycles. The van der Waals surface area contributed by atoms with E-state index in [2.05, 4.69) is 13.8 Å². The summed E-state index contributed by atoms with van der Waals surface area (Å²) in [6.45, 7) is 7.97. The maximum atomic E-state index is 12.4. The van der Waals surface area contributed by atoms with Crippen LogP contribution in [0.3, 0.4) is 0 Å². The Morgan fingerprint density at radius 3 is 1.91 bits per heavy atom. The summed E-state index contributed by atoms with van der Waals surface area (Å²) in [6, 6.07) is 0. The third-order valence-corrected chi connectivity index (χ3v) is 1.39. The van der Waals surface area contributed by atoms with Crippen LogP contribution >= 0.6 is 0 Å². The van der Waals surface area contributed by atoms with E-state index in [1.807, 2.05) is 6.92 Å². The van der Waals surface area contributed by atoms with Crippen molar-refractivity contribution >= 4 is 0 Å². The van der Waals surface area contributed by atoms with E-state index in [-0.39, 0.29) is 32.7 Å². The molecule has 0 aliphatic rings. The number of rotatable bonds is 4. The third kappa shape index (κ3) is 11.0. The minimum atomic E-state index is -0.668. The van der Waals surface area contributed by atoms with Gasteiger partial charge in [0.2, 0.25) is 0 Å². The molecule has 0 saturated heterocycles. The fourth-order valence-corrected chi connectivity index (χ4v) is 1.26. The second kappa shape index (κ2) is 7.67. The molecule has 0 fully saturated rings. The van der Waals surface area contributed by atoms with Crippen LogP contribution in [-0.2, 0) is 32.7 Å². The summed E-state index contributed by atoms with van der Waals surface area (Å²) >= 11 is 0. The zero-order chi connectivity index (χ0) is 8.15. The van der Waals surface area contributed by atoms with Crippen molar-refractivity contribution in [1.82, 2.24) is 0 Å².